The Bertz CT molecular complexity index is 1290. The molecule has 0 bridgehead atoms. The van der Waals surface area contributed by atoms with Crippen LogP contribution in [0.3, 0.4) is 0 Å². The summed E-state index contributed by atoms with van der Waals surface area (Å²) in [5.74, 6) is 0.433. The second-order valence-corrected chi connectivity index (χ2v) is 9.18. The molecule has 2 aliphatic rings. The molecule has 174 valence electrons. The van der Waals surface area contributed by atoms with E-state index in [4.69, 9.17) is 5.26 Å². The first-order valence-electron chi connectivity index (χ1n) is 11.9. The van der Waals surface area contributed by atoms with Crippen LogP contribution < -0.4 is 5.56 Å². The molecule has 1 unspecified atom stereocenters. The van der Waals surface area contributed by atoms with E-state index < -0.39 is 0 Å². The number of nitrogens with one attached hydrogen (secondary N) is 1. The van der Waals surface area contributed by atoms with Crippen molar-refractivity contribution in [2.75, 3.05) is 26.2 Å². The summed E-state index contributed by atoms with van der Waals surface area (Å²) in [6.45, 7) is 5.86. The SMILES string of the molecule is Cc1cc(C#N)ccc1-c1c[nH]n(-c2ccc(C(=O)N3CCCC3CN3CCCC3)cn2)c1=O. The van der Waals surface area contributed by atoms with Crippen molar-refractivity contribution >= 4 is 5.91 Å². The van der Waals surface area contributed by atoms with E-state index in [2.05, 4.69) is 21.1 Å². The molecule has 2 saturated heterocycles. The maximum atomic E-state index is 13.2. The smallest absolute Gasteiger partial charge is 0.280 e. The number of aryl methyl sites for hydroxylation is 1. The third-order valence-corrected chi connectivity index (χ3v) is 6.95. The number of aromatic amines is 1. The number of aromatic nitrogens is 3. The monoisotopic (exact) mass is 456 g/mol. The minimum absolute atomic E-state index is 0.00785. The highest BCUT2D eigenvalue weighted by Crippen LogP contribution is 2.24. The number of pyridine rings is 1. The molecule has 4 heterocycles. The molecule has 1 N–H and O–H groups in total. The highest BCUT2D eigenvalue weighted by molar-refractivity contribution is 5.94. The third-order valence-electron chi connectivity index (χ3n) is 6.95. The van der Waals surface area contributed by atoms with Gasteiger partial charge in [0.1, 0.15) is 0 Å². The number of carbonyl (C=O) groups is 1. The van der Waals surface area contributed by atoms with E-state index in [0.717, 1.165) is 50.1 Å². The number of nitriles is 1. The first-order chi connectivity index (χ1) is 16.5. The van der Waals surface area contributed by atoms with Gasteiger partial charge >= 0.3 is 0 Å². The lowest BCUT2D eigenvalue weighted by Crippen LogP contribution is -2.42. The Kier molecular flexibility index (Phi) is 6.03. The highest BCUT2D eigenvalue weighted by Gasteiger charge is 2.31. The van der Waals surface area contributed by atoms with E-state index in [1.165, 1.54) is 17.5 Å². The van der Waals surface area contributed by atoms with E-state index >= 15 is 0 Å². The zero-order valence-electron chi connectivity index (χ0n) is 19.3. The summed E-state index contributed by atoms with van der Waals surface area (Å²) in [7, 11) is 0. The molecule has 34 heavy (non-hydrogen) atoms. The third kappa shape index (κ3) is 4.15. The molecule has 5 rings (SSSR count). The van der Waals surface area contributed by atoms with E-state index in [0.29, 0.717) is 22.5 Å². The number of amides is 1. The molecule has 0 saturated carbocycles. The highest BCUT2D eigenvalue weighted by atomic mass is 16.2. The Hall–Kier alpha value is -3.70. The molecule has 1 aromatic carbocycles. The molecule has 8 heteroatoms. The summed E-state index contributed by atoms with van der Waals surface area (Å²) in [5.41, 5.74) is 2.99. The number of hydrogen-bond acceptors (Lipinski definition) is 5. The van der Waals surface area contributed by atoms with Gasteiger partial charge in [-0.3, -0.25) is 14.7 Å². The maximum Gasteiger partial charge on any atom is 0.280 e. The minimum Gasteiger partial charge on any atom is -0.334 e. The Morgan fingerprint density at radius 2 is 1.97 bits per heavy atom. The molecule has 1 amide bonds. The first-order valence-corrected chi connectivity index (χ1v) is 11.9. The van der Waals surface area contributed by atoms with Crippen LogP contribution in [0.15, 0.2) is 47.5 Å². The van der Waals surface area contributed by atoms with Crippen molar-refractivity contribution in [2.45, 2.75) is 38.6 Å². The summed E-state index contributed by atoms with van der Waals surface area (Å²) in [6.07, 6.45) is 7.77. The zero-order chi connectivity index (χ0) is 23.7. The van der Waals surface area contributed by atoms with E-state index in [1.807, 2.05) is 11.8 Å². The van der Waals surface area contributed by atoms with Crippen molar-refractivity contribution in [3.05, 3.63) is 69.8 Å². The van der Waals surface area contributed by atoms with Crippen LogP contribution in [0.1, 0.15) is 47.2 Å². The standard InChI is InChI=1S/C26H28N6O2/c1-18-13-19(14-27)6-8-22(18)23-16-29-32(26(23)34)24-9-7-20(15-28-24)25(33)31-12-4-5-21(31)17-30-10-2-3-11-30/h6-9,13,15-16,21,29H,2-5,10-12,17H2,1H3. The average Bonchev–Trinajstić information content (AvgIpc) is 3.61. The zero-order valence-corrected chi connectivity index (χ0v) is 19.3. The van der Waals surface area contributed by atoms with Gasteiger partial charge in [0.25, 0.3) is 11.5 Å². The van der Waals surface area contributed by atoms with E-state index in [9.17, 15) is 9.59 Å². The Morgan fingerprint density at radius 1 is 1.15 bits per heavy atom. The number of H-pyrrole nitrogens is 1. The van der Waals surface area contributed by atoms with Crippen molar-refractivity contribution in [3.8, 4) is 23.0 Å². The van der Waals surface area contributed by atoms with Gasteiger partial charge in [-0.2, -0.15) is 5.26 Å². The lowest BCUT2D eigenvalue weighted by atomic mass is 10.0. The molecule has 2 aliphatic heterocycles. The Labute approximate surface area is 198 Å². The van der Waals surface area contributed by atoms with Gasteiger partial charge in [-0.15, -0.1) is 0 Å². The predicted octanol–water partition coefficient (Wildman–Crippen LogP) is 3.11. The fourth-order valence-corrected chi connectivity index (χ4v) is 5.14. The topological polar surface area (TPSA) is 98.0 Å². The van der Waals surface area contributed by atoms with E-state index in [1.54, 1.807) is 42.7 Å². The van der Waals surface area contributed by atoms with Crippen molar-refractivity contribution in [2.24, 2.45) is 0 Å². The molecule has 2 aromatic heterocycles. The number of nitrogens with zero attached hydrogens (tertiary/aromatic N) is 5. The predicted molar refractivity (Wildman–Crippen MR) is 129 cm³/mol. The van der Waals surface area contributed by atoms with Crippen LogP contribution in [-0.2, 0) is 0 Å². The summed E-state index contributed by atoms with van der Waals surface area (Å²) in [5, 5.41) is 12.1. The summed E-state index contributed by atoms with van der Waals surface area (Å²) < 4.78 is 1.37. The molecule has 0 spiro atoms. The van der Waals surface area contributed by atoms with Crippen LogP contribution in [-0.4, -0.2) is 62.7 Å². The largest absolute Gasteiger partial charge is 0.334 e. The fraction of sp³-hybridized carbons (Fsp3) is 0.385. The Morgan fingerprint density at radius 3 is 2.68 bits per heavy atom. The van der Waals surface area contributed by atoms with Crippen LogP contribution in [0.25, 0.3) is 16.9 Å². The summed E-state index contributed by atoms with van der Waals surface area (Å²) >= 11 is 0. The van der Waals surface area contributed by atoms with Gasteiger partial charge in [0.15, 0.2) is 5.82 Å². The number of likely N-dealkylation sites (tertiary alicyclic amines) is 2. The van der Waals surface area contributed by atoms with Gasteiger partial charge in [0.05, 0.1) is 22.8 Å². The molecule has 3 aromatic rings. The van der Waals surface area contributed by atoms with Crippen molar-refractivity contribution in [3.63, 3.8) is 0 Å². The second-order valence-electron chi connectivity index (χ2n) is 9.18. The number of carbonyl (C=O) groups excluding carboxylic acids is 1. The number of benzene rings is 1. The van der Waals surface area contributed by atoms with Crippen LogP contribution in [0.4, 0.5) is 0 Å². The molecule has 8 nitrogen and oxygen atoms in total. The van der Waals surface area contributed by atoms with Crippen LogP contribution in [0, 0.1) is 18.3 Å². The second kappa shape index (κ2) is 9.27. The molecular weight excluding hydrogens is 428 g/mol. The van der Waals surface area contributed by atoms with Crippen LogP contribution >= 0.6 is 0 Å². The number of rotatable bonds is 5. The van der Waals surface area contributed by atoms with E-state index in [-0.39, 0.29) is 17.5 Å². The molecule has 2 fully saturated rings. The summed E-state index contributed by atoms with van der Waals surface area (Å²) in [4.78, 5) is 35.1. The van der Waals surface area contributed by atoms with Gasteiger partial charge < -0.3 is 9.80 Å². The molecule has 0 aliphatic carbocycles. The first kappa shape index (κ1) is 22.1. The van der Waals surface area contributed by atoms with Crippen molar-refractivity contribution in [1.82, 2.24) is 24.6 Å². The molecular formula is C26H28N6O2. The van der Waals surface area contributed by atoms with Gasteiger partial charge in [0.2, 0.25) is 0 Å². The lowest BCUT2D eigenvalue weighted by molar-refractivity contribution is 0.0708. The van der Waals surface area contributed by atoms with Gasteiger partial charge in [0, 0.05) is 31.5 Å². The van der Waals surface area contributed by atoms with Crippen molar-refractivity contribution < 1.29 is 4.79 Å². The minimum atomic E-state index is -0.232. The molecule has 1 atom stereocenters. The van der Waals surface area contributed by atoms with Gasteiger partial charge in [-0.25, -0.2) is 9.67 Å². The number of hydrogen-bond donors (Lipinski definition) is 1. The normalized spacial score (nSPS) is 18.4. The van der Waals surface area contributed by atoms with Gasteiger partial charge in [-0.05, 0) is 81.1 Å². The lowest BCUT2D eigenvalue weighted by Gasteiger charge is -2.28. The quantitative estimate of drug-likeness (QED) is 0.636. The maximum absolute atomic E-state index is 13.2. The van der Waals surface area contributed by atoms with Crippen LogP contribution in [0.2, 0.25) is 0 Å². The van der Waals surface area contributed by atoms with Crippen molar-refractivity contribution in [1.29, 1.82) is 5.26 Å². The Balaban J connectivity index is 1.34. The summed E-state index contributed by atoms with van der Waals surface area (Å²) in [6, 6.07) is 11.1. The average molecular weight is 457 g/mol. The molecule has 0 radical (unpaired) electrons. The van der Waals surface area contributed by atoms with Crippen LogP contribution in [0.5, 0.6) is 0 Å². The van der Waals surface area contributed by atoms with Gasteiger partial charge in [-0.1, -0.05) is 6.07 Å². The fourth-order valence-electron chi connectivity index (χ4n) is 5.14.